The van der Waals surface area contributed by atoms with Crippen molar-refractivity contribution in [2.75, 3.05) is 19.8 Å². The Morgan fingerprint density at radius 2 is 2.04 bits per heavy atom. The lowest BCUT2D eigenvalue weighted by Gasteiger charge is -2.69. The number of hydroxylamine groups is 1. The fourth-order valence-electron chi connectivity index (χ4n) is 4.62. The summed E-state index contributed by atoms with van der Waals surface area (Å²) in [5.41, 5.74) is 6.95. The van der Waals surface area contributed by atoms with E-state index in [2.05, 4.69) is 17.1 Å². The number of hydrogen-bond acceptors (Lipinski definition) is 3. The molecule has 3 saturated carbocycles. The molecule has 0 unspecified atom stereocenters. The first-order valence-electron chi connectivity index (χ1n) is 9.07. The second-order valence-corrected chi connectivity index (χ2v) is 7.34. The lowest BCUT2D eigenvalue weighted by Crippen LogP contribution is -2.63. The van der Waals surface area contributed by atoms with Gasteiger partial charge in [-0.3, -0.25) is 14.9 Å². The van der Waals surface area contributed by atoms with E-state index in [0.29, 0.717) is 12.5 Å². The number of carbonyl (C=O) groups excluding carboxylic acids is 1. The van der Waals surface area contributed by atoms with Crippen molar-refractivity contribution in [3.63, 3.8) is 0 Å². The zero-order valence-corrected chi connectivity index (χ0v) is 14.6. The number of alkyl halides is 1. The van der Waals surface area contributed by atoms with Crippen molar-refractivity contribution in [1.29, 1.82) is 0 Å². The van der Waals surface area contributed by atoms with Gasteiger partial charge in [-0.1, -0.05) is 47.6 Å². The molecule has 2 N–H and O–H groups in total. The van der Waals surface area contributed by atoms with E-state index in [1.807, 2.05) is 24.3 Å². The van der Waals surface area contributed by atoms with Gasteiger partial charge < -0.3 is 0 Å². The van der Waals surface area contributed by atoms with Gasteiger partial charge in [0.1, 0.15) is 6.67 Å². The smallest absolute Gasteiger partial charge is 0.267 e. The maximum absolute atomic E-state index is 13.1. The van der Waals surface area contributed by atoms with Crippen LogP contribution in [0.3, 0.4) is 0 Å². The number of nitrogens with zero attached hydrogens (tertiary/aromatic N) is 1. The van der Waals surface area contributed by atoms with Crippen molar-refractivity contribution in [3.05, 3.63) is 64.8 Å². The van der Waals surface area contributed by atoms with E-state index in [4.69, 9.17) is 5.21 Å². The van der Waals surface area contributed by atoms with Crippen LogP contribution in [-0.2, 0) is 11.3 Å². The lowest BCUT2D eigenvalue weighted by atomic mass is 9.36. The lowest BCUT2D eigenvalue weighted by molar-refractivity contribution is -0.124. The first-order valence-corrected chi connectivity index (χ1v) is 9.07. The van der Waals surface area contributed by atoms with Crippen LogP contribution < -0.4 is 5.48 Å². The third kappa shape index (κ3) is 2.81. The summed E-state index contributed by atoms with van der Waals surface area (Å²) in [6.45, 7) is 1.74. The summed E-state index contributed by atoms with van der Waals surface area (Å²) in [4.78, 5) is 13.2. The number of allylic oxidation sites excluding steroid dienone is 2. The van der Waals surface area contributed by atoms with E-state index < -0.39 is 5.91 Å². The van der Waals surface area contributed by atoms with Crippen molar-refractivity contribution in [2.24, 2.45) is 11.3 Å². The molecular formula is C21H23FN2O2. The number of hydrogen-bond donors (Lipinski definition) is 2. The second-order valence-electron chi connectivity index (χ2n) is 7.34. The molecule has 136 valence electrons. The highest BCUT2D eigenvalue weighted by Crippen LogP contribution is 2.74. The Hall–Kier alpha value is -2.24. The zero-order valence-electron chi connectivity index (χ0n) is 14.6. The van der Waals surface area contributed by atoms with Crippen molar-refractivity contribution < 1.29 is 14.4 Å². The van der Waals surface area contributed by atoms with E-state index in [1.54, 1.807) is 22.7 Å². The minimum absolute atomic E-state index is 0.221. The average Bonchev–Trinajstić information content (AvgIpc) is 2.64. The van der Waals surface area contributed by atoms with E-state index in [0.717, 1.165) is 30.6 Å². The molecule has 26 heavy (non-hydrogen) atoms. The summed E-state index contributed by atoms with van der Waals surface area (Å²) in [5.74, 6) is 0.147. The summed E-state index contributed by atoms with van der Waals surface area (Å²) < 4.78 is 13.1. The number of halogens is 1. The molecular weight excluding hydrogens is 331 g/mol. The molecule has 0 saturated heterocycles. The van der Waals surface area contributed by atoms with Gasteiger partial charge in [0.05, 0.1) is 0 Å². The van der Waals surface area contributed by atoms with Gasteiger partial charge in [-0.05, 0) is 30.0 Å². The Labute approximate surface area is 152 Å². The van der Waals surface area contributed by atoms with Crippen LogP contribution in [-0.4, -0.2) is 35.8 Å². The molecule has 0 atom stereocenters. The van der Waals surface area contributed by atoms with Crippen LogP contribution in [0, 0.1) is 11.3 Å². The number of benzene rings is 1. The van der Waals surface area contributed by atoms with Crippen LogP contribution in [0.15, 0.2) is 53.6 Å². The maximum Gasteiger partial charge on any atom is 0.267 e. The fraction of sp³-hybridized carbons (Fsp3) is 0.381. The van der Waals surface area contributed by atoms with Crippen LogP contribution in [0.4, 0.5) is 4.39 Å². The normalized spacial score (nSPS) is 25.4. The molecule has 4 aliphatic carbocycles. The summed E-state index contributed by atoms with van der Waals surface area (Å²) in [6.07, 6.45) is 9.92. The van der Waals surface area contributed by atoms with Gasteiger partial charge >= 0.3 is 0 Å². The predicted octanol–water partition coefficient (Wildman–Crippen LogP) is 3.25. The zero-order chi connectivity index (χ0) is 18.1. The summed E-state index contributed by atoms with van der Waals surface area (Å²) in [7, 11) is 0. The van der Waals surface area contributed by atoms with Gasteiger partial charge in [-0.2, -0.15) is 0 Å². The van der Waals surface area contributed by atoms with E-state index in [9.17, 15) is 9.18 Å². The molecule has 0 aromatic heterocycles. The summed E-state index contributed by atoms with van der Waals surface area (Å²) in [6, 6.07) is 7.85. The molecule has 1 amide bonds. The Morgan fingerprint density at radius 1 is 1.31 bits per heavy atom. The van der Waals surface area contributed by atoms with Crippen molar-refractivity contribution in [1.82, 2.24) is 10.4 Å². The monoisotopic (exact) mass is 354 g/mol. The molecule has 5 heteroatoms. The number of amides is 1. The minimum Gasteiger partial charge on any atom is -0.295 e. The van der Waals surface area contributed by atoms with Gasteiger partial charge in [0.25, 0.3) is 5.91 Å². The molecule has 0 heterocycles. The van der Waals surface area contributed by atoms with Crippen LogP contribution >= 0.6 is 0 Å². The highest BCUT2D eigenvalue weighted by atomic mass is 19.1. The Morgan fingerprint density at radius 3 is 2.62 bits per heavy atom. The van der Waals surface area contributed by atoms with Crippen LogP contribution in [0.5, 0.6) is 0 Å². The van der Waals surface area contributed by atoms with Crippen molar-refractivity contribution in [3.8, 4) is 0 Å². The highest BCUT2D eigenvalue weighted by Gasteiger charge is 2.66. The van der Waals surface area contributed by atoms with Gasteiger partial charge in [0.15, 0.2) is 0 Å². The Balaban J connectivity index is 1.40. The minimum atomic E-state index is -0.559. The molecule has 1 aromatic carbocycles. The largest absolute Gasteiger partial charge is 0.295 e. The molecule has 5 rings (SSSR count). The van der Waals surface area contributed by atoms with Gasteiger partial charge in [0.2, 0.25) is 0 Å². The first kappa shape index (κ1) is 17.2. The SMILES string of the molecule is O=C(/C=C/c1ccc(CN(CCF)CC23CC4C2=CCC=C43)cc1)NO. The van der Waals surface area contributed by atoms with E-state index >= 15 is 0 Å². The molecule has 0 spiro atoms. The first-order chi connectivity index (χ1) is 12.7. The van der Waals surface area contributed by atoms with Gasteiger partial charge in [-0.25, -0.2) is 9.87 Å². The topological polar surface area (TPSA) is 52.6 Å². The van der Waals surface area contributed by atoms with Crippen LogP contribution in [0.25, 0.3) is 6.08 Å². The number of carbonyl (C=O) groups is 1. The average molecular weight is 354 g/mol. The standard InChI is InChI=1S/C21H23FN2O2/c22-10-11-24(14-21-12-17-18(21)2-1-3-19(17)21)13-16-6-4-15(5-7-16)8-9-20(25)23-26/h2-9,17,26H,1,10-14H2,(H,23,25)/b9-8+. The van der Waals surface area contributed by atoms with Gasteiger partial charge in [0, 0.05) is 37.0 Å². The molecule has 0 radical (unpaired) electrons. The molecule has 4 nitrogen and oxygen atoms in total. The molecule has 1 aromatic rings. The van der Waals surface area contributed by atoms with Crippen molar-refractivity contribution >= 4 is 12.0 Å². The Kier molecular flexibility index (Phi) is 4.51. The summed E-state index contributed by atoms with van der Waals surface area (Å²) >= 11 is 0. The molecule has 0 aliphatic heterocycles. The Bertz CT molecular complexity index is 775. The molecule has 4 aliphatic rings. The molecule has 4 bridgehead atoms. The van der Waals surface area contributed by atoms with Crippen molar-refractivity contribution in [2.45, 2.75) is 19.4 Å². The highest BCUT2D eigenvalue weighted by molar-refractivity contribution is 5.90. The van der Waals surface area contributed by atoms with Gasteiger partial charge in [-0.15, -0.1) is 0 Å². The molecule has 3 fully saturated rings. The van der Waals surface area contributed by atoms with Crippen LogP contribution in [0.1, 0.15) is 24.0 Å². The second kappa shape index (κ2) is 6.82. The maximum atomic E-state index is 13.1. The number of nitrogens with one attached hydrogen (secondary N) is 1. The quantitative estimate of drug-likeness (QED) is 0.326. The summed E-state index contributed by atoms with van der Waals surface area (Å²) in [5, 5.41) is 8.49. The predicted molar refractivity (Wildman–Crippen MR) is 98.0 cm³/mol. The number of rotatable bonds is 8. The van der Waals surface area contributed by atoms with Crippen LogP contribution in [0.2, 0.25) is 0 Å². The fourth-order valence-corrected chi connectivity index (χ4v) is 4.62. The third-order valence-corrected chi connectivity index (χ3v) is 5.90. The van der Waals surface area contributed by atoms with E-state index in [1.165, 1.54) is 12.5 Å². The third-order valence-electron chi connectivity index (χ3n) is 5.90. The van der Waals surface area contributed by atoms with E-state index in [-0.39, 0.29) is 12.1 Å².